The zero-order valence-electron chi connectivity index (χ0n) is 6.08. The molecule has 0 saturated heterocycles. The van der Waals surface area contributed by atoms with Crippen LogP contribution in [0.3, 0.4) is 0 Å². The second-order valence-corrected chi connectivity index (χ2v) is 2.71. The number of rotatable bonds is 2. The Hall–Kier alpha value is -0.370. The number of thiol groups is 1. The third-order valence-electron chi connectivity index (χ3n) is 1.62. The third kappa shape index (κ3) is 1.81. The van der Waals surface area contributed by atoms with E-state index in [2.05, 4.69) is 24.8 Å². The normalized spacial score (nSPS) is 24.2. The van der Waals surface area contributed by atoms with Gasteiger partial charge in [0.1, 0.15) is 5.76 Å². The summed E-state index contributed by atoms with van der Waals surface area (Å²) in [6.45, 7) is 0. The van der Waals surface area contributed by atoms with E-state index >= 15 is 0 Å². The van der Waals surface area contributed by atoms with E-state index < -0.39 is 0 Å². The first-order chi connectivity index (χ1) is 4.86. The molecule has 56 valence electrons. The molecule has 0 amide bonds. The number of methoxy groups -OCH3 is 1. The molecule has 1 atom stereocenters. The van der Waals surface area contributed by atoms with Crippen molar-refractivity contribution in [3.63, 3.8) is 0 Å². The van der Waals surface area contributed by atoms with Crippen molar-refractivity contribution >= 4 is 12.6 Å². The van der Waals surface area contributed by atoms with Crippen molar-refractivity contribution in [3.05, 3.63) is 24.0 Å². The van der Waals surface area contributed by atoms with Gasteiger partial charge in [-0.25, -0.2) is 0 Å². The van der Waals surface area contributed by atoms with Gasteiger partial charge in [0.05, 0.1) is 7.11 Å². The van der Waals surface area contributed by atoms with E-state index in [1.807, 2.05) is 6.08 Å². The van der Waals surface area contributed by atoms with Crippen LogP contribution >= 0.6 is 12.6 Å². The molecule has 0 spiro atoms. The predicted octanol–water partition coefficient (Wildman–Crippen LogP) is 2.02. The Bertz CT molecular complexity index is 161. The van der Waals surface area contributed by atoms with Crippen LogP contribution in [0.25, 0.3) is 0 Å². The van der Waals surface area contributed by atoms with Crippen LogP contribution in [0, 0.1) is 5.92 Å². The largest absolute Gasteiger partial charge is 0.497 e. The second kappa shape index (κ2) is 3.71. The molecular weight excluding hydrogens is 144 g/mol. The molecule has 0 heterocycles. The molecule has 0 aliphatic heterocycles. The Morgan fingerprint density at radius 3 is 3.00 bits per heavy atom. The maximum atomic E-state index is 5.03. The highest BCUT2D eigenvalue weighted by molar-refractivity contribution is 7.80. The average molecular weight is 156 g/mol. The maximum absolute atomic E-state index is 5.03. The Balaban J connectivity index is 2.46. The molecular formula is C8H12OS. The molecule has 10 heavy (non-hydrogen) atoms. The lowest BCUT2D eigenvalue weighted by atomic mass is 10.0. The molecule has 0 fully saturated rings. The van der Waals surface area contributed by atoms with Crippen LogP contribution in [0.4, 0.5) is 0 Å². The molecule has 1 nitrogen and oxygen atoms in total. The van der Waals surface area contributed by atoms with Gasteiger partial charge in [-0.1, -0.05) is 6.08 Å². The predicted molar refractivity (Wildman–Crippen MR) is 46.2 cm³/mol. The zero-order chi connectivity index (χ0) is 7.40. The van der Waals surface area contributed by atoms with Gasteiger partial charge in [0.2, 0.25) is 0 Å². The first kappa shape index (κ1) is 7.73. The summed E-state index contributed by atoms with van der Waals surface area (Å²) in [7, 11) is 1.69. The molecule has 2 heteroatoms. The SMILES string of the molecule is COC1=CCC(CS)C=C1. The summed E-state index contributed by atoms with van der Waals surface area (Å²) in [4.78, 5) is 0. The smallest absolute Gasteiger partial charge is 0.114 e. The Labute approximate surface area is 67.2 Å². The van der Waals surface area contributed by atoms with Gasteiger partial charge in [0.15, 0.2) is 0 Å². The molecule has 1 aliphatic carbocycles. The Morgan fingerprint density at radius 2 is 2.60 bits per heavy atom. The van der Waals surface area contributed by atoms with Crippen LogP contribution in [0.5, 0.6) is 0 Å². The van der Waals surface area contributed by atoms with Crippen molar-refractivity contribution in [3.8, 4) is 0 Å². The summed E-state index contributed by atoms with van der Waals surface area (Å²) >= 11 is 4.20. The van der Waals surface area contributed by atoms with E-state index in [4.69, 9.17) is 4.74 Å². The number of allylic oxidation sites excluding steroid dienone is 3. The summed E-state index contributed by atoms with van der Waals surface area (Å²) in [5.74, 6) is 2.49. The highest BCUT2D eigenvalue weighted by atomic mass is 32.1. The van der Waals surface area contributed by atoms with Gasteiger partial charge in [0.25, 0.3) is 0 Å². The molecule has 1 rings (SSSR count). The average Bonchev–Trinajstić information content (AvgIpc) is 2.05. The second-order valence-electron chi connectivity index (χ2n) is 2.35. The summed E-state index contributed by atoms with van der Waals surface area (Å²) in [5, 5.41) is 0. The number of hydrogen-bond acceptors (Lipinski definition) is 2. The first-order valence-electron chi connectivity index (χ1n) is 3.40. The van der Waals surface area contributed by atoms with Gasteiger partial charge in [-0.15, -0.1) is 0 Å². The monoisotopic (exact) mass is 156 g/mol. The lowest BCUT2D eigenvalue weighted by molar-refractivity contribution is 0.302. The number of ether oxygens (including phenoxy) is 1. The van der Waals surface area contributed by atoms with Crippen LogP contribution in [0.1, 0.15) is 6.42 Å². The van der Waals surface area contributed by atoms with Crippen LogP contribution < -0.4 is 0 Å². The molecule has 0 aromatic heterocycles. The van der Waals surface area contributed by atoms with Crippen LogP contribution in [-0.4, -0.2) is 12.9 Å². The molecule has 1 unspecified atom stereocenters. The van der Waals surface area contributed by atoms with Crippen molar-refractivity contribution in [2.45, 2.75) is 6.42 Å². The quantitative estimate of drug-likeness (QED) is 0.602. The van der Waals surface area contributed by atoms with Crippen molar-refractivity contribution < 1.29 is 4.74 Å². The van der Waals surface area contributed by atoms with E-state index in [0.717, 1.165) is 17.9 Å². The molecule has 1 aliphatic rings. The Kier molecular flexibility index (Phi) is 2.87. The fraction of sp³-hybridized carbons (Fsp3) is 0.500. The van der Waals surface area contributed by atoms with E-state index in [-0.39, 0.29) is 0 Å². The van der Waals surface area contributed by atoms with Gasteiger partial charge in [-0.2, -0.15) is 12.6 Å². The maximum Gasteiger partial charge on any atom is 0.114 e. The molecule has 0 saturated carbocycles. The fourth-order valence-electron chi connectivity index (χ4n) is 0.932. The summed E-state index contributed by atoms with van der Waals surface area (Å²) in [6, 6.07) is 0. The van der Waals surface area contributed by atoms with Crippen molar-refractivity contribution in [1.82, 2.24) is 0 Å². The van der Waals surface area contributed by atoms with E-state index in [1.54, 1.807) is 7.11 Å². The summed E-state index contributed by atoms with van der Waals surface area (Å²) in [5.41, 5.74) is 0. The highest BCUT2D eigenvalue weighted by Gasteiger charge is 2.05. The van der Waals surface area contributed by atoms with Gasteiger partial charge in [-0.05, 0) is 30.2 Å². The Morgan fingerprint density at radius 1 is 1.80 bits per heavy atom. The third-order valence-corrected chi connectivity index (χ3v) is 2.09. The minimum Gasteiger partial charge on any atom is -0.497 e. The van der Waals surface area contributed by atoms with Crippen LogP contribution in [-0.2, 0) is 4.74 Å². The van der Waals surface area contributed by atoms with Crippen LogP contribution in [0.2, 0.25) is 0 Å². The number of hydrogen-bond donors (Lipinski definition) is 1. The van der Waals surface area contributed by atoms with Gasteiger partial charge in [-0.3, -0.25) is 0 Å². The minimum absolute atomic E-state index is 0.599. The van der Waals surface area contributed by atoms with Crippen molar-refractivity contribution in [2.24, 2.45) is 5.92 Å². The lowest BCUT2D eigenvalue weighted by Gasteiger charge is -2.12. The highest BCUT2D eigenvalue weighted by Crippen LogP contribution is 2.17. The van der Waals surface area contributed by atoms with E-state index in [9.17, 15) is 0 Å². The van der Waals surface area contributed by atoms with Gasteiger partial charge < -0.3 is 4.74 Å². The molecule has 0 aromatic carbocycles. The lowest BCUT2D eigenvalue weighted by Crippen LogP contribution is -2.01. The van der Waals surface area contributed by atoms with E-state index in [0.29, 0.717) is 5.92 Å². The van der Waals surface area contributed by atoms with Crippen molar-refractivity contribution in [2.75, 3.05) is 12.9 Å². The zero-order valence-corrected chi connectivity index (χ0v) is 6.97. The molecule has 0 bridgehead atoms. The van der Waals surface area contributed by atoms with Crippen LogP contribution in [0.15, 0.2) is 24.0 Å². The summed E-state index contributed by atoms with van der Waals surface area (Å²) in [6.07, 6.45) is 7.31. The summed E-state index contributed by atoms with van der Waals surface area (Å²) < 4.78 is 5.03. The van der Waals surface area contributed by atoms with E-state index in [1.165, 1.54) is 0 Å². The van der Waals surface area contributed by atoms with Crippen molar-refractivity contribution in [1.29, 1.82) is 0 Å². The first-order valence-corrected chi connectivity index (χ1v) is 4.03. The molecule has 0 N–H and O–H groups in total. The topological polar surface area (TPSA) is 9.23 Å². The molecule has 0 radical (unpaired) electrons. The fourth-order valence-corrected chi connectivity index (χ4v) is 1.20. The van der Waals surface area contributed by atoms with Gasteiger partial charge >= 0.3 is 0 Å². The molecule has 0 aromatic rings. The minimum atomic E-state index is 0.599. The van der Waals surface area contributed by atoms with Gasteiger partial charge in [0, 0.05) is 0 Å². The standard InChI is InChI=1S/C8H12OS/c1-9-8-4-2-7(6-10)3-5-8/h2,4-5,7,10H,3,6H2,1H3.